The Morgan fingerprint density at radius 1 is 1.36 bits per heavy atom. The number of anilines is 2. The van der Waals surface area contributed by atoms with Gasteiger partial charge >= 0.3 is 6.18 Å². The number of H-pyrrole nitrogens is 1. The molecule has 3 heterocycles. The lowest BCUT2D eigenvalue weighted by Gasteiger charge is -2.10. The molecule has 11 heteroatoms. The van der Waals surface area contributed by atoms with Gasteiger partial charge in [-0.1, -0.05) is 0 Å². The van der Waals surface area contributed by atoms with Crippen LogP contribution in [0.5, 0.6) is 0 Å². The Labute approximate surface area is 155 Å². The van der Waals surface area contributed by atoms with Crippen LogP contribution in [0.3, 0.4) is 0 Å². The molecule has 3 aromatic heterocycles. The van der Waals surface area contributed by atoms with Crippen molar-refractivity contribution in [3.05, 3.63) is 30.2 Å². The fourth-order valence-corrected chi connectivity index (χ4v) is 2.92. The highest BCUT2D eigenvalue weighted by atomic mass is 19.4. The minimum absolute atomic E-state index is 0.000983. The summed E-state index contributed by atoms with van der Waals surface area (Å²) >= 11 is 0. The number of pyridine rings is 2. The van der Waals surface area contributed by atoms with Gasteiger partial charge in [0.05, 0.1) is 35.4 Å². The second-order valence-corrected chi connectivity index (χ2v) is 6.41. The smallest absolute Gasteiger partial charge is 0.383 e. The molecule has 0 radical (unpaired) electrons. The Hall–Kier alpha value is -3.68. The summed E-state index contributed by atoms with van der Waals surface area (Å²) in [7, 11) is 0. The van der Waals surface area contributed by atoms with Gasteiger partial charge in [-0.25, -0.2) is 9.97 Å². The van der Waals surface area contributed by atoms with E-state index in [0.29, 0.717) is 17.2 Å². The molecule has 1 unspecified atom stereocenters. The second-order valence-electron chi connectivity index (χ2n) is 6.41. The van der Waals surface area contributed by atoms with Crippen molar-refractivity contribution in [2.45, 2.75) is 12.6 Å². The number of hydrogen-bond acceptors (Lipinski definition) is 6. The number of alkyl halides is 3. The Morgan fingerprint density at radius 2 is 2.14 bits per heavy atom. The summed E-state index contributed by atoms with van der Waals surface area (Å²) in [5, 5.41) is 17.7. The number of fused-ring (bicyclic) bond motifs is 1. The molecule has 0 aliphatic heterocycles. The summed E-state index contributed by atoms with van der Waals surface area (Å²) in [6.07, 6.45) is -1.73. The standard InChI is InChI=1S/C17H12F3N7O/c18-17(19,20)14-11(6-24-27-14)12-2-7-3-13(23-5-10(7)15(22)25-12)26-16(28)9-1-8(9)4-21/h2-3,5-6,8-9H,1H2,(H2,22,25)(H,24,27)(H,23,26,28)/t8?,9-/m1/s1. The number of aromatic nitrogens is 4. The summed E-state index contributed by atoms with van der Waals surface area (Å²) in [6.45, 7) is 0. The minimum atomic E-state index is -4.63. The van der Waals surface area contributed by atoms with E-state index in [2.05, 4.69) is 20.4 Å². The number of aromatic amines is 1. The summed E-state index contributed by atoms with van der Waals surface area (Å²) in [4.78, 5) is 20.2. The SMILES string of the molecule is N#CC1C[C@H]1C(=O)Nc1cc2cc(-c3cn[nH]c3C(F)(F)F)nc(N)c2cn1. The highest BCUT2D eigenvalue weighted by Crippen LogP contribution is 2.39. The first kappa shape index (κ1) is 17.7. The Kier molecular flexibility index (Phi) is 3.92. The Balaban J connectivity index is 1.71. The summed E-state index contributed by atoms with van der Waals surface area (Å²) < 4.78 is 39.4. The molecule has 2 atom stereocenters. The third-order valence-electron chi connectivity index (χ3n) is 4.49. The van der Waals surface area contributed by atoms with Crippen LogP contribution >= 0.6 is 0 Å². The van der Waals surface area contributed by atoms with Crippen LogP contribution in [-0.2, 0) is 11.0 Å². The zero-order valence-electron chi connectivity index (χ0n) is 14.1. The molecule has 1 saturated carbocycles. The van der Waals surface area contributed by atoms with E-state index in [1.54, 1.807) is 0 Å². The van der Waals surface area contributed by atoms with Gasteiger partial charge in [0.15, 0.2) is 0 Å². The topological polar surface area (TPSA) is 133 Å². The maximum absolute atomic E-state index is 13.1. The van der Waals surface area contributed by atoms with Gasteiger partial charge in [-0.05, 0) is 23.9 Å². The van der Waals surface area contributed by atoms with E-state index in [-0.39, 0.29) is 40.6 Å². The van der Waals surface area contributed by atoms with Crippen molar-refractivity contribution in [3.8, 4) is 17.3 Å². The zero-order chi connectivity index (χ0) is 20.1. The number of nitrogen functional groups attached to an aromatic ring is 1. The number of amides is 1. The molecule has 4 N–H and O–H groups in total. The van der Waals surface area contributed by atoms with E-state index in [1.807, 2.05) is 11.2 Å². The summed E-state index contributed by atoms with van der Waals surface area (Å²) in [5.41, 5.74) is 4.60. The molecular formula is C17H12F3N7O. The van der Waals surface area contributed by atoms with Gasteiger partial charge in [0.1, 0.15) is 17.3 Å². The first-order chi connectivity index (χ1) is 13.3. The van der Waals surface area contributed by atoms with Crippen LogP contribution in [0, 0.1) is 23.2 Å². The largest absolute Gasteiger partial charge is 0.433 e. The number of carbonyl (C=O) groups is 1. The number of nitrogens with zero attached hydrogens (tertiary/aromatic N) is 4. The molecule has 1 aliphatic rings. The number of halogens is 3. The van der Waals surface area contributed by atoms with Crippen LogP contribution in [0.4, 0.5) is 24.8 Å². The van der Waals surface area contributed by atoms with Gasteiger partial charge in [-0.2, -0.15) is 23.5 Å². The number of nitrogens with two attached hydrogens (primary N) is 1. The molecule has 142 valence electrons. The number of carbonyl (C=O) groups excluding carboxylic acids is 1. The Bertz CT molecular complexity index is 1130. The molecule has 1 aliphatic carbocycles. The van der Waals surface area contributed by atoms with Crippen molar-refractivity contribution >= 4 is 28.3 Å². The van der Waals surface area contributed by atoms with Crippen molar-refractivity contribution in [2.24, 2.45) is 11.8 Å². The van der Waals surface area contributed by atoms with E-state index >= 15 is 0 Å². The average Bonchev–Trinajstić information content (AvgIpc) is 3.25. The average molecular weight is 387 g/mol. The van der Waals surface area contributed by atoms with Crippen molar-refractivity contribution in [1.29, 1.82) is 5.26 Å². The Morgan fingerprint density at radius 3 is 2.82 bits per heavy atom. The molecule has 8 nitrogen and oxygen atoms in total. The predicted molar refractivity (Wildman–Crippen MR) is 92.4 cm³/mol. The minimum Gasteiger partial charge on any atom is -0.383 e. The molecule has 0 bridgehead atoms. The van der Waals surface area contributed by atoms with Crippen molar-refractivity contribution < 1.29 is 18.0 Å². The highest BCUT2D eigenvalue weighted by molar-refractivity contribution is 5.98. The van der Waals surface area contributed by atoms with E-state index in [9.17, 15) is 18.0 Å². The monoisotopic (exact) mass is 387 g/mol. The fraction of sp³-hybridized carbons (Fsp3) is 0.235. The summed E-state index contributed by atoms with van der Waals surface area (Å²) in [5.74, 6) is -0.788. The zero-order valence-corrected chi connectivity index (χ0v) is 14.1. The van der Waals surface area contributed by atoms with Gasteiger partial charge in [0.2, 0.25) is 5.91 Å². The molecule has 1 fully saturated rings. The van der Waals surface area contributed by atoms with Crippen LogP contribution in [0.2, 0.25) is 0 Å². The number of rotatable bonds is 3. The molecule has 0 aromatic carbocycles. The lowest BCUT2D eigenvalue weighted by atomic mass is 10.1. The molecule has 1 amide bonds. The molecule has 3 aromatic rings. The number of nitriles is 1. The maximum atomic E-state index is 13.1. The van der Waals surface area contributed by atoms with E-state index in [4.69, 9.17) is 11.0 Å². The lowest BCUT2D eigenvalue weighted by molar-refractivity contribution is -0.140. The molecule has 28 heavy (non-hydrogen) atoms. The van der Waals surface area contributed by atoms with Gasteiger partial charge < -0.3 is 11.1 Å². The normalized spacial score (nSPS) is 18.6. The van der Waals surface area contributed by atoms with Gasteiger partial charge in [0, 0.05) is 11.6 Å². The lowest BCUT2D eigenvalue weighted by Crippen LogP contribution is -2.15. The van der Waals surface area contributed by atoms with Crippen LogP contribution in [0.25, 0.3) is 22.0 Å². The quantitative estimate of drug-likeness (QED) is 0.633. The molecule has 0 saturated heterocycles. The third-order valence-corrected chi connectivity index (χ3v) is 4.49. The highest BCUT2D eigenvalue weighted by Gasteiger charge is 2.43. The van der Waals surface area contributed by atoms with Gasteiger partial charge in [0.25, 0.3) is 0 Å². The molecular weight excluding hydrogens is 375 g/mol. The first-order valence-corrected chi connectivity index (χ1v) is 8.15. The predicted octanol–water partition coefficient (Wildman–Crippen LogP) is 2.72. The number of hydrogen-bond donors (Lipinski definition) is 3. The maximum Gasteiger partial charge on any atom is 0.433 e. The molecule has 4 rings (SSSR count). The van der Waals surface area contributed by atoms with E-state index < -0.39 is 11.9 Å². The van der Waals surface area contributed by atoms with Crippen molar-refractivity contribution in [3.63, 3.8) is 0 Å². The van der Waals surface area contributed by atoms with Crippen LogP contribution in [0.15, 0.2) is 24.5 Å². The molecule has 0 spiro atoms. The van der Waals surface area contributed by atoms with Gasteiger partial charge in [-0.3, -0.25) is 9.89 Å². The van der Waals surface area contributed by atoms with Crippen LogP contribution in [-0.4, -0.2) is 26.1 Å². The van der Waals surface area contributed by atoms with Crippen molar-refractivity contribution in [1.82, 2.24) is 20.2 Å². The summed E-state index contributed by atoms with van der Waals surface area (Å²) in [6, 6.07) is 4.93. The van der Waals surface area contributed by atoms with Crippen LogP contribution < -0.4 is 11.1 Å². The van der Waals surface area contributed by atoms with Crippen molar-refractivity contribution in [2.75, 3.05) is 11.1 Å². The van der Waals surface area contributed by atoms with E-state index in [1.165, 1.54) is 18.3 Å². The number of nitrogens with one attached hydrogen (secondary N) is 2. The first-order valence-electron chi connectivity index (χ1n) is 8.15. The second kappa shape index (κ2) is 6.19. The third kappa shape index (κ3) is 3.09. The van der Waals surface area contributed by atoms with Crippen LogP contribution in [0.1, 0.15) is 12.1 Å². The van der Waals surface area contributed by atoms with E-state index in [0.717, 1.165) is 6.20 Å². The fourth-order valence-electron chi connectivity index (χ4n) is 2.92. The van der Waals surface area contributed by atoms with Gasteiger partial charge in [-0.15, -0.1) is 0 Å².